The van der Waals surface area contributed by atoms with E-state index in [1.807, 2.05) is 0 Å². The van der Waals surface area contributed by atoms with E-state index in [0.29, 0.717) is 16.9 Å². The van der Waals surface area contributed by atoms with Crippen LogP contribution in [0.25, 0.3) is 0 Å². The highest BCUT2D eigenvalue weighted by atomic mass is 15.1. The molecule has 0 amide bonds. The van der Waals surface area contributed by atoms with Gasteiger partial charge in [0.1, 0.15) is 0 Å². The Labute approximate surface area is 113 Å². The van der Waals surface area contributed by atoms with Crippen LogP contribution in [0, 0.1) is 16.7 Å². The van der Waals surface area contributed by atoms with Gasteiger partial charge in [0.05, 0.1) is 0 Å². The van der Waals surface area contributed by atoms with Crippen LogP contribution in [-0.2, 0) is 0 Å². The standard InChI is InChI=1S/C16H32N2/c1-15(2,3)13-7-10-18(11-8-13)12-16(4)9-5-6-14(16)17/h13-14H,5-12,17H2,1-4H3. The molecule has 2 aliphatic rings. The molecule has 0 spiro atoms. The zero-order chi connectivity index (χ0) is 13.4. The van der Waals surface area contributed by atoms with Crippen molar-refractivity contribution in [2.75, 3.05) is 19.6 Å². The molecule has 2 atom stereocenters. The fourth-order valence-electron chi connectivity index (χ4n) is 3.92. The normalized spacial score (nSPS) is 36.2. The Hall–Kier alpha value is -0.0800. The Balaban J connectivity index is 1.84. The Morgan fingerprint density at radius 3 is 2.22 bits per heavy atom. The second-order valence-electron chi connectivity index (χ2n) is 8.07. The summed E-state index contributed by atoms with van der Waals surface area (Å²) in [7, 11) is 0. The summed E-state index contributed by atoms with van der Waals surface area (Å²) in [6.07, 6.45) is 6.63. The second-order valence-corrected chi connectivity index (χ2v) is 8.07. The number of hydrogen-bond donors (Lipinski definition) is 1. The van der Waals surface area contributed by atoms with Gasteiger partial charge in [0.15, 0.2) is 0 Å². The van der Waals surface area contributed by atoms with Gasteiger partial charge in [0.25, 0.3) is 0 Å². The van der Waals surface area contributed by atoms with E-state index in [0.717, 1.165) is 5.92 Å². The van der Waals surface area contributed by atoms with Gasteiger partial charge in [0, 0.05) is 12.6 Å². The summed E-state index contributed by atoms with van der Waals surface area (Å²) < 4.78 is 0. The van der Waals surface area contributed by atoms with Crippen LogP contribution in [0.2, 0.25) is 0 Å². The number of likely N-dealkylation sites (tertiary alicyclic amines) is 1. The maximum absolute atomic E-state index is 6.30. The van der Waals surface area contributed by atoms with Gasteiger partial charge in [-0.05, 0) is 55.5 Å². The summed E-state index contributed by atoms with van der Waals surface area (Å²) in [6.45, 7) is 13.4. The SMILES string of the molecule is CC(C)(C)C1CCN(CC2(C)CCCC2N)CC1. The fraction of sp³-hybridized carbons (Fsp3) is 1.00. The van der Waals surface area contributed by atoms with Crippen LogP contribution >= 0.6 is 0 Å². The summed E-state index contributed by atoms with van der Waals surface area (Å²) in [5.41, 5.74) is 7.17. The van der Waals surface area contributed by atoms with Crippen LogP contribution in [0.1, 0.15) is 59.8 Å². The minimum Gasteiger partial charge on any atom is -0.327 e. The molecule has 2 unspecified atom stereocenters. The molecule has 0 bridgehead atoms. The predicted octanol–water partition coefficient (Wildman–Crippen LogP) is 3.26. The molecule has 1 heterocycles. The smallest absolute Gasteiger partial charge is 0.0105 e. The van der Waals surface area contributed by atoms with E-state index >= 15 is 0 Å². The van der Waals surface area contributed by atoms with E-state index in [2.05, 4.69) is 32.6 Å². The monoisotopic (exact) mass is 252 g/mol. The average molecular weight is 252 g/mol. The fourth-order valence-corrected chi connectivity index (χ4v) is 3.92. The highest BCUT2D eigenvalue weighted by Gasteiger charge is 2.39. The first kappa shape index (κ1) is 14.3. The molecule has 1 aliphatic carbocycles. The largest absolute Gasteiger partial charge is 0.327 e. The summed E-state index contributed by atoms with van der Waals surface area (Å²) >= 11 is 0. The molecule has 0 aromatic carbocycles. The van der Waals surface area contributed by atoms with Crippen LogP contribution < -0.4 is 5.73 Å². The third-order valence-corrected chi connectivity index (χ3v) is 5.56. The molecule has 2 nitrogen and oxygen atoms in total. The Morgan fingerprint density at radius 2 is 1.78 bits per heavy atom. The lowest BCUT2D eigenvalue weighted by Crippen LogP contribution is -2.47. The van der Waals surface area contributed by atoms with Gasteiger partial charge >= 0.3 is 0 Å². The predicted molar refractivity (Wildman–Crippen MR) is 78.6 cm³/mol. The molecule has 2 heteroatoms. The van der Waals surface area contributed by atoms with Crippen molar-refractivity contribution in [3.63, 3.8) is 0 Å². The van der Waals surface area contributed by atoms with Gasteiger partial charge in [-0.15, -0.1) is 0 Å². The maximum atomic E-state index is 6.30. The van der Waals surface area contributed by atoms with Crippen molar-refractivity contribution in [1.29, 1.82) is 0 Å². The van der Waals surface area contributed by atoms with Crippen molar-refractivity contribution in [2.24, 2.45) is 22.5 Å². The second kappa shape index (κ2) is 5.13. The molecular formula is C16H32N2. The zero-order valence-electron chi connectivity index (χ0n) is 12.8. The van der Waals surface area contributed by atoms with Crippen molar-refractivity contribution in [3.8, 4) is 0 Å². The average Bonchev–Trinajstić information content (AvgIpc) is 2.58. The summed E-state index contributed by atoms with van der Waals surface area (Å²) in [6, 6.07) is 0.429. The van der Waals surface area contributed by atoms with Crippen LogP contribution in [0.15, 0.2) is 0 Å². The Morgan fingerprint density at radius 1 is 1.17 bits per heavy atom. The number of hydrogen-bond acceptors (Lipinski definition) is 2. The minimum atomic E-state index is 0.384. The third-order valence-electron chi connectivity index (χ3n) is 5.56. The third kappa shape index (κ3) is 3.08. The first-order chi connectivity index (χ1) is 8.31. The maximum Gasteiger partial charge on any atom is 0.0105 e. The van der Waals surface area contributed by atoms with Gasteiger partial charge in [-0.2, -0.15) is 0 Å². The molecule has 1 saturated carbocycles. The van der Waals surface area contributed by atoms with Gasteiger partial charge in [-0.3, -0.25) is 0 Å². The van der Waals surface area contributed by atoms with Gasteiger partial charge in [-0.1, -0.05) is 34.1 Å². The zero-order valence-corrected chi connectivity index (χ0v) is 12.8. The van der Waals surface area contributed by atoms with Gasteiger partial charge in [-0.25, -0.2) is 0 Å². The van der Waals surface area contributed by atoms with Crippen LogP contribution in [0.4, 0.5) is 0 Å². The van der Waals surface area contributed by atoms with Crippen LogP contribution in [0.3, 0.4) is 0 Å². The van der Waals surface area contributed by atoms with E-state index in [1.54, 1.807) is 0 Å². The lowest BCUT2D eigenvalue weighted by atomic mass is 9.75. The molecule has 0 radical (unpaired) electrons. The van der Waals surface area contributed by atoms with Crippen molar-refractivity contribution in [3.05, 3.63) is 0 Å². The number of nitrogens with zero attached hydrogens (tertiary/aromatic N) is 1. The molecule has 106 valence electrons. The lowest BCUT2D eigenvalue weighted by molar-refractivity contribution is 0.0763. The molecule has 2 fully saturated rings. The van der Waals surface area contributed by atoms with E-state index in [9.17, 15) is 0 Å². The van der Waals surface area contributed by atoms with Gasteiger partial charge < -0.3 is 10.6 Å². The highest BCUT2D eigenvalue weighted by Crippen LogP contribution is 2.39. The van der Waals surface area contributed by atoms with E-state index in [1.165, 1.54) is 51.7 Å². The molecule has 2 rings (SSSR count). The topological polar surface area (TPSA) is 29.3 Å². The molecule has 0 aromatic rings. The molecule has 18 heavy (non-hydrogen) atoms. The first-order valence-electron chi connectivity index (χ1n) is 7.79. The molecule has 1 saturated heterocycles. The summed E-state index contributed by atoms with van der Waals surface area (Å²) in [5, 5.41) is 0. The number of nitrogens with two attached hydrogens (primary N) is 1. The van der Waals surface area contributed by atoms with Crippen molar-refractivity contribution in [2.45, 2.75) is 65.8 Å². The van der Waals surface area contributed by atoms with Crippen LogP contribution in [0.5, 0.6) is 0 Å². The Kier molecular flexibility index (Phi) is 4.08. The van der Waals surface area contributed by atoms with Crippen LogP contribution in [-0.4, -0.2) is 30.6 Å². The molecule has 2 N–H and O–H groups in total. The van der Waals surface area contributed by atoms with E-state index in [4.69, 9.17) is 5.73 Å². The Bertz CT molecular complexity index is 273. The highest BCUT2D eigenvalue weighted by molar-refractivity contribution is 4.94. The molecule has 1 aliphatic heterocycles. The minimum absolute atomic E-state index is 0.384. The molecule has 0 aromatic heterocycles. The van der Waals surface area contributed by atoms with Crippen molar-refractivity contribution >= 4 is 0 Å². The first-order valence-corrected chi connectivity index (χ1v) is 7.79. The van der Waals surface area contributed by atoms with E-state index in [-0.39, 0.29) is 0 Å². The summed E-state index contributed by atoms with van der Waals surface area (Å²) in [5.74, 6) is 0.902. The number of piperidine rings is 1. The molecular weight excluding hydrogens is 220 g/mol. The van der Waals surface area contributed by atoms with E-state index < -0.39 is 0 Å². The van der Waals surface area contributed by atoms with Crippen molar-refractivity contribution in [1.82, 2.24) is 4.90 Å². The number of rotatable bonds is 2. The summed E-state index contributed by atoms with van der Waals surface area (Å²) in [4.78, 5) is 2.67. The quantitative estimate of drug-likeness (QED) is 0.817. The van der Waals surface area contributed by atoms with Crippen molar-refractivity contribution < 1.29 is 0 Å². The van der Waals surface area contributed by atoms with Gasteiger partial charge in [0.2, 0.25) is 0 Å². The lowest BCUT2D eigenvalue weighted by Gasteiger charge is -2.42.